The van der Waals surface area contributed by atoms with Gasteiger partial charge in [-0.05, 0) is 43.0 Å². The molecule has 0 aromatic carbocycles. The maximum Gasteiger partial charge on any atom is 0.128 e. The van der Waals surface area contributed by atoms with E-state index in [9.17, 15) is 0 Å². The molecule has 1 aromatic heterocycles. The lowest BCUT2D eigenvalue weighted by Crippen LogP contribution is -2.37. The van der Waals surface area contributed by atoms with Crippen molar-refractivity contribution in [2.24, 2.45) is 5.92 Å². The Bertz CT molecular complexity index is 402. The first kappa shape index (κ1) is 15.3. The number of anilines is 1. The summed E-state index contributed by atoms with van der Waals surface area (Å²) in [6.07, 6.45) is 4.10. The lowest BCUT2D eigenvalue weighted by atomic mass is 10.1. The molecule has 0 spiro atoms. The third-order valence-electron chi connectivity index (χ3n) is 3.79. The number of ether oxygens (including phenoxy) is 1. The highest BCUT2D eigenvalue weighted by Crippen LogP contribution is 2.20. The van der Waals surface area contributed by atoms with Crippen molar-refractivity contribution in [2.75, 3.05) is 31.7 Å². The van der Waals surface area contributed by atoms with E-state index in [4.69, 9.17) is 4.74 Å². The molecule has 1 N–H and O–H groups in total. The molecule has 1 aliphatic heterocycles. The summed E-state index contributed by atoms with van der Waals surface area (Å²) in [4.78, 5) is 6.82. The van der Waals surface area contributed by atoms with Gasteiger partial charge in [0.15, 0.2) is 0 Å². The molecule has 0 aliphatic carbocycles. The fourth-order valence-corrected chi connectivity index (χ4v) is 2.53. The first-order valence-corrected chi connectivity index (χ1v) is 7.63. The average molecular weight is 277 g/mol. The van der Waals surface area contributed by atoms with E-state index in [0.29, 0.717) is 12.0 Å². The number of hydrogen-bond donors (Lipinski definition) is 1. The largest absolute Gasteiger partial charge is 0.381 e. The highest BCUT2D eigenvalue weighted by atomic mass is 16.5. The van der Waals surface area contributed by atoms with E-state index in [-0.39, 0.29) is 0 Å². The van der Waals surface area contributed by atoms with Crippen molar-refractivity contribution >= 4 is 5.82 Å². The fourth-order valence-electron chi connectivity index (χ4n) is 2.53. The lowest BCUT2D eigenvalue weighted by molar-refractivity contribution is 0.0853. The molecule has 2 rings (SSSR count). The average Bonchev–Trinajstić information content (AvgIpc) is 2.47. The van der Waals surface area contributed by atoms with E-state index in [0.717, 1.165) is 45.0 Å². The first-order valence-electron chi connectivity index (χ1n) is 7.63. The van der Waals surface area contributed by atoms with Gasteiger partial charge >= 0.3 is 0 Å². The Hall–Kier alpha value is -1.13. The van der Waals surface area contributed by atoms with Crippen LogP contribution in [0, 0.1) is 5.92 Å². The minimum atomic E-state index is 0.551. The third-order valence-corrected chi connectivity index (χ3v) is 3.79. The SMILES string of the molecule is CC(C)CNCc1ccnc(N(C)C2CCOCC2)c1. The van der Waals surface area contributed by atoms with Gasteiger partial charge in [0.1, 0.15) is 5.82 Å². The standard InChI is InChI=1S/C16H27N3O/c1-13(2)11-17-12-14-4-7-18-16(10-14)19(3)15-5-8-20-9-6-15/h4,7,10,13,15,17H,5-6,8-9,11-12H2,1-3H3. The molecule has 0 radical (unpaired) electrons. The van der Waals surface area contributed by atoms with Crippen molar-refractivity contribution in [3.05, 3.63) is 23.9 Å². The summed E-state index contributed by atoms with van der Waals surface area (Å²) in [5.74, 6) is 1.75. The minimum Gasteiger partial charge on any atom is -0.381 e. The van der Waals surface area contributed by atoms with E-state index in [1.165, 1.54) is 5.56 Å². The second-order valence-corrected chi connectivity index (χ2v) is 6.00. The summed E-state index contributed by atoms with van der Waals surface area (Å²) in [6.45, 7) is 8.14. The molecule has 0 amide bonds. The molecule has 112 valence electrons. The monoisotopic (exact) mass is 277 g/mol. The third kappa shape index (κ3) is 4.46. The zero-order valence-corrected chi connectivity index (χ0v) is 12.9. The van der Waals surface area contributed by atoms with Crippen LogP contribution in [0.4, 0.5) is 5.82 Å². The molecule has 4 nitrogen and oxygen atoms in total. The van der Waals surface area contributed by atoms with Gasteiger partial charge in [-0.3, -0.25) is 0 Å². The van der Waals surface area contributed by atoms with Crippen molar-refractivity contribution in [3.8, 4) is 0 Å². The summed E-state index contributed by atoms with van der Waals surface area (Å²) < 4.78 is 5.43. The van der Waals surface area contributed by atoms with Gasteiger partial charge in [0.2, 0.25) is 0 Å². The molecular formula is C16H27N3O. The Morgan fingerprint density at radius 2 is 2.15 bits per heavy atom. The Balaban J connectivity index is 1.93. The number of aromatic nitrogens is 1. The Kier molecular flexibility index (Phi) is 5.80. The van der Waals surface area contributed by atoms with Crippen molar-refractivity contribution in [1.82, 2.24) is 10.3 Å². The smallest absolute Gasteiger partial charge is 0.128 e. The predicted molar refractivity (Wildman–Crippen MR) is 83.0 cm³/mol. The number of nitrogens with zero attached hydrogens (tertiary/aromatic N) is 2. The normalized spacial score (nSPS) is 16.6. The maximum absolute atomic E-state index is 5.43. The van der Waals surface area contributed by atoms with Crippen LogP contribution in [0.15, 0.2) is 18.3 Å². The molecule has 1 fully saturated rings. The van der Waals surface area contributed by atoms with Gasteiger partial charge in [-0.2, -0.15) is 0 Å². The van der Waals surface area contributed by atoms with Crippen LogP contribution < -0.4 is 10.2 Å². The van der Waals surface area contributed by atoms with E-state index < -0.39 is 0 Å². The number of rotatable bonds is 6. The van der Waals surface area contributed by atoms with Gasteiger partial charge in [0, 0.05) is 39.0 Å². The van der Waals surface area contributed by atoms with Gasteiger partial charge in [-0.1, -0.05) is 13.8 Å². The Morgan fingerprint density at radius 3 is 2.85 bits per heavy atom. The first-order chi connectivity index (χ1) is 9.66. The molecule has 0 bridgehead atoms. The number of nitrogens with one attached hydrogen (secondary N) is 1. The second kappa shape index (κ2) is 7.60. The topological polar surface area (TPSA) is 37.4 Å². The highest BCUT2D eigenvalue weighted by Gasteiger charge is 2.19. The van der Waals surface area contributed by atoms with Crippen LogP contribution in [0.25, 0.3) is 0 Å². The minimum absolute atomic E-state index is 0.551. The summed E-state index contributed by atoms with van der Waals surface area (Å²) in [5, 5.41) is 3.48. The van der Waals surface area contributed by atoms with E-state index >= 15 is 0 Å². The maximum atomic E-state index is 5.43. The quantitative estimate of drug-likeness (QED) is 0.866. The van der Waals surface area contributed by atoms with Crippen LogP contribution in [-0.2, 0) is 11.3 Å². The Labute approximate surface area is 122 Å². The Morgan fingerprint density at radius 1 is 1.40 bits per heavy atom. The summed E-state index contributed by atoms with van der Waals surface area (Å²) in [5.41, 5.74) is 1.30. The molecule has 0 unspecified atom stereocenters. The van der Waals surface area contributed by atoms with Gasteiger partial charge < -0.3 is 15.0 Å². The van der Waals surface area contributed by atoms with Gasteiger partial charge in [0.05, 0.1) is 0 Å². The van der Waals surface area contributed by atoms with Crippen LogP contribution in [-0.4, -0.2) is 37.8 Å². The molecule has 0 saturated carbocycles. The molecule has 1 saturated heterocycles. The van der Waals surface area contributed by atoms with Crippen LogP contribution in [0.5, 0.6) is 0 Å². The van der Waals surface area contributed by atoms with Crippen molar-refractivity contribution in [2.45, 2.75) is 39.3 Å². The molecule has 20 heavy (non-hydrogen) atoms. The van der Waals surface area contributed by atoms with Crippen LogP contribution >= 0.6 is 0 Å². The van der Waals surface area contributed by atoms with Crippen molar-refractivity contribution in [3.63, 3.8) is 0 Å². The van der Waals surface area contributed by atoms with Crippen LogP contribution in [0.3, 0.4) is 0 Å². The summed E-state index contributed by atoms with van der Waals surface area (Å²) >= 11 is 0. The zero-order valence-electron chi connectivity index (χ0n) is 12.9. The fraction of sp³-hybridized carbons (Fsp3) is 0.688. The van der Waals surface area contributed by atoms with Gasteiger partial charge in [-0.25, -0.2) is 4.98 Å². The summed E-state index contributed by atoms with van der Waals surface area (Å²) in [7, 11) is 2.14. The van der Waals surface area contributed by atoms with Crippen LogP contribution in [0.2, 0.25) is 0 Å². The van der Waals surface area contributed by atoms with Gasteiger partial charge in [-0.15, -0.1) is 0 Å². The molecule has 0 atom stereocenters. The van der Waals surface area contributed by atoms with E-state index in [1.807, 2.05) is 6.20 Å². The molecule has 2 heterocycles. The highest BCUT2D eigenvalue weighted by molar-refractivity contribution is 5.41. The predicted octanol–water partition coefficient (Wildman–Crippen LogP) is 2.44. The van der Waals surface area contributed by atoms with Crippen LogP contribution in [0.1, 0.15) is 32.3 Å². The number of pyridine rings is 1. The van der Waals surface area contributed by atoms with Crippen molar-refractivity contribution in [1.29, 1.82) is 0 Å². The molecule has 1 aliphatic rings. The zero-order chi connectivity index (χ0) is 14.4. The van der Waals surface area contributed by atoms with Crippen molar-refractivity contribution < 1.29 is 4.74 Å². The van der Waals surface area contributed by atoms with E-state index in [1.54, 1.807) is 0 Å². The molecule has 4 heteroatoms. The second-order valence-electron chi connectivity index (χ2n) is 6.00. The van der Waals surface area contributed by atoms with E-state index in [2.05, 4.69) is 48.2 Å². The van der Waals surface area contributed by atoms with Gasteiger partial charge in [0.25, 0.3) is 0 Å². The molecular weight excluding hydrogens is 250 g/mol. The lowest BCUT2D eigenvalue weighted by Gasteiger charge is -2.32. The summed E-state index contributed by atoms with van der Waals surface area (Å²) in [6, 6.07) is 4.84. The number of hydrogen-bond acceptors (Lipinski definition) is 4. The molecule has 1 aromatic rings.